The van der Waals surface area contributed by atoms with Gasteiger partial charge < -0.3 is 11.1 Å². The van der Waals surface area contributed by atoms with E-state index in [1.807, 2.05) is 30.3 Å². The van der Waals surface area contributed by atoms with E-state index in [0.29, 0.717) is 10.6 Å². The number of nitrogens with zero attached hydrogens (tertiary/aromatic N) is 1. The van der Waals surface area contributed by atoms with Gasteiger partial charge in [0.25, 0.3) is 5.91 Å². The molecule has 3 N–H and O–H groups in total. The molecule has 2 amide bonds. The van der Waals surface area contributed by atoms with Crippen molar-refractivity contribution in [1.82, 2.24) is 4.98 Å². The molecule has 0 fully saturated rings. The maximum atomic E-state index is 12.3. The highest BCUT2D eigenvalue weighted by Crippen LogP contribution is 2.27. The Morgan fingerprint density at radius 2 is 2.09 bits per heavy atom. The number of hydrogen-bond donors (Lipinski definition) is 2. The molecular formula is C17H15N3O2S. The van der Waals surface area contributed by atoms with Crippen molar-refractivity contribution in [3.05, 3.63) is 58.6 Å². The normalized spacial score (nSPS) is 10.7. The first-order chi connectivity index (χ1) is 11.1. The van der Waals surface area contributed by atoms with E-state index in [-0.39, 0.29) is 12.3 Å². The Balaban J connectivity index is 1.84. The van der Waals surface area contributed by atoms with Crippen LogP contribution in [0, 0.1) is 6.92 Å². The molecule has 116 valence electrons. The van der Waals surface area contributed by atoms with E-state index < -0.39 is 5.91 Å². The third-order valence-corrected chi connectivity index (χ3v) is 4.57. The summed E-state index contributed by atoms with van der Waals surface area (Å²) in [6, 6.07) is 9.47. The predicted molar refractivity (Wildman–Crippen MR) is 91.7 cm³/mol. The summed E-state index contributed by atoms with van der Waals surface area (Å²) in [7, 11) is 0. The minimum Gasteiger partial charge on any atom is -0.365 e. The van der Waals surface area contributed by atoms with Gasteiger partial charge in [-0.05, 0) is 35.6 Å². The maximum Gasteiger partial charge on any atom is 0.251 e. The molecule has 0 unspecified atom stereocenters. The summed E-state index contributed by atoms with van der Waals surface area (Å²) in [6.45, 7) is 1.79. The molecule has 2 aromatic heterocycles. The Labute approximate surface area is 137 Å². The Hall–Kier alpha value is -2.73. The standard InChI is InChI=1S/C17H15N3O2S/c1-10-9-23-17(15(10)16(18)22)20-14(21)8-11-4-2-6-13-12(11)5-3-7-19-13/h2-7,9H,8H2,1H3,(H2,18,22)(H,20,21). The van der Waals surface area contributed by atoms with Crippen LogP contribution in [0.3, 0.4) is 0 Å². The van der Waals surface area contributed by atoms with Gasteiger partial charge in [-0.1, -0.05) is 18.2 Å². The molecular weight excluding hydrogens is 310 g/mol. The van der Waals surface area contributed by atoms with Crippen molar-refractivity contribution >= 4 is 39.1 Å². The van der Waals surface area contributed by atoms with Crippen molar-refractivity contribution in [2.24, 2.45) is 5.73 Å². The number of benzene rings is 1. The van der Waals surface area contributed by atoms with E-state index >= 15 is 0 Å². The quantitative estimate of drug-likeness (QED) is 0.773. The first-order valence-electron chi connectivity index (χ1n) is 7.06. The predicted octanol–water partition coefficient (Wildman–Crippen LogP) is 2.88. The second-order valence-corrected chi connectivity index (χ2v) is 6.08. The SMILES string of the molecule is Cc1csc(NC(=O)Cc2cccc3ncccc23)c1C(N)=O. The zero-order chi connectivity index (χ0) is 16.4. The lowest BCUT2D eigenvalue weighted by Crippen LogP contribution is -2.18. The molecule has 2 heterocycles. The Kier molecular flexibility index (Phi) is 4.08. The summed E-state index contributed by atoms with van der Waals surface area (Å²) >= 11 is 1.30. The number of pyridine rings is 1. The first kappa shape index (κ1) is 15.2. The van der Waals surface area contributed by atoms with Gasteiger partial charge in [-0.15, -0.1) is 11.3 Å². The number of aromatic nitrogens is 1. The van der Waals surface area contributed by atoms with Gasteiger partial charge in [0.15, 0.2) is 0 Å². The molecule has 0 spiro atoms. The molecule has 0 aliphatic heterocycles. The van der Waals surface area contributed by atoms with Crippen molar-refractivity contribution in [1.29, 1.82) is 0 Å². The van der Waals surface area contributed by atoms with E-state index in [1.165, 1.54) is 11.3 Å². The molecule has 1 aromatic carbocycles. The topological polar surface area (TPSA) is 85.1 Å². The number of thiophene rings is 1. The molecule has 3 aromatic rings. The number of carbonyl (C=O) groups excluding carboxylic acids is 2. The van der Waals surface area contributed by atoms with Gasteiger partial charge in [-0.2, -0.15) is 0 Å². The van der Waals surface area contributed by atoms with Gasteiger partial charge in [-0.25, -0.2) is 0 Å². The van der Waals surface area contributed by atoms with E-state index in [2.05, 4.69) is 10.3 Å². The van der Waals surface area contributed by atoms with Crippen LogP contribution in [0.5, 0.6) is 0 Å². The first-order valence-corrected chi connectivity index (χ1v) is 7.94. The lowest BCUT2D eigenvalue weighted by atomic mass is 10.1. The van der Waals surface area contributed by atoms with Crippen LogP contribution in [0.1, 0.15) is 21.5 Å². The lowest BCUT2D eigenvalue weighted by molar-refractivity contribution is -0.115. The Morgan fingerprint density at radius 1 is 1.26 bits per heavy atom. The largest absolute Gasteiger partial charge is 0.365 e. The maximum absolute atomic E-state index is 12.3. The third kappa shape index (κ3) is 3.07. The molecule has 23 heavy (non-hydrogen) atoms. The van der Waals surface area contributed by atoms with Crippen molar-refractivity contribution in [2.75, 3.05) is 5.32 Å². The monoisotopic (exact) mass is 325 g/mol. The van der Waals surface area contributed by atoms with Gasteiger partial charge in [0.05, 0.1) is 17.5 Å². The third-order valence-electron chi connectivity index (χ3n) is 3.56. The number of fused-ring (bicyclic) bond motifs is 1. The van der Waals surface area contributed by atoms with Crippen LogP contribution in [0.15, 0.2) is 41.9 Å². The zero-order valence-electron chi connectivity index (χ0n) is 12.5. The molecule has 3 rings (SSSR count). The number of rotatable bonds is 4. The smallest absolute Gasteiger partial charge is 0.251 e. The van der Waals surface area contributed by atoms with Gasteiger partial charge in [0.2, 0.25) is 5.91 Å². The van der Waals surface area contributed by atoms with E-state index in [1.54, 1.807) is 18.5 Å². The molecule has 0 radical (unpaired) electrons. The molecule has 0 saturated carbocycles. The summed E-state index contributed by atoms with van der Waals surface area (Å²) in [4.78, 5) is 28.1. The van der Waals surface area contributed by atoms with E-state index in [0.717, 1.165) is 22.0 Å². The number of carbonyl (C=O) groups is 2. The van der Waals surface area contributed by atoms with Crippen molar-refractivity contribution in [2.45, 2.75) is 13.3 Å². The number of anilines is 1. The summed E-state index contributed by atoms with van der Waals surface area (Å²) in [5.41, 5.74) is 8.26. The average Bonchev–Trinajstić information content (AvgIpc) is 2.88. The van der Waals surface area contributed by atoms with E-state index in [4.69, 9.17) is 5.73 Å². The number of amides is 2. The zero-order valence-corrected chi connectivity index (χ0v) is 13.3. The van der Waals surface area contributed by atoms with Crippen LogP contribution in [0.2, 0.25) is 0 Å². The number of hydrogen-bond acceptors (Lipinski definition) is 4. The number of nitrogens with two attached hydrogens (primary N) is 1. The van der Waals surface area contributed by atoms with Crippen molar-refractivity contribution in [3.8, 4) is 0 Å². The minimum atomic E-state index is -0.534. The Morgan fingerprint density at radius 3 is 2.87 bits per heavy atom. The number of aryl methyl sites for hydroxylation is 1. The summed E-state index contributed by atoms with van der Waals surface area (Å²) in [5, 5.41) is 6.03. The highest BCUT2D eigenvalue weighted by molar-refractivity contribution is 7.15. The Bertz CT molecular complexity index is 896. The number of nitrogens with one attached hydrogen (secondary N) is 1. The lowest BCUT2D eigenvalue weighted by Gasteiger charge is -2.07. The average molecular weight is 325 g/mol. The highest BCUT2D eigenvalue weighted by atomic mass is 32.1. The molecule has 0 aliphatic rings. The van der Waals surface area contributed by atoms with Crippen molar-refractivity contribution < 1.29 is 9.59 Å². The molecule has 0 atom stereocenters. The van der Waals surface area contributed by atoms with Crippen LogP contribution < -0.4 is 11.1 Å². The molecule has 0 bridgehead atoms. The van der Waals surface area contributed by atoms with E-state index in [9.17, 15) is 9.59 Å². The van der Waals surface area contributed by atoms with Gasteiger partial charge in [0, 0.05) is 11.6 Å². The summed E-state index contributed by atoms with van der Waals surface area (Å²) in [5.74, 6) is -0.723. The second kappa shape index (κ2) is 6.18. The number of primary amides is 1. The molecule has 5 nitrogen and oxygen atoms in total. The second-order valence-electron chi connectivity index (χ2n) is 5.20. The van der Waals surface area contributed by atoms with Gasteiger partial charge in [-0.3, -0.25) is 14.6 Å². The fraction of sp³-hybridized carbons (Fsp3) is 0.118. The van der Waals surface area contributed by atoms with Crippen molar-refractivity contribution in [3.63, 3.8) is 0 Å². The molecule has 6 heteroatoms. The van der Waals surface area contributed by atoms with Crippen LogP contribution in [-0.2, 0) is 11.2 Å². The highest BCUT2D eigenvalue weighted by Gasteiger charge is 2.16. The minimum absolute atomic E-state index is 0.189. The van der Waals surface area contributed by atoms with Crippen LogP contribution in [0.25, 0.3) is 10.9 Å². The van der Waals surface area contributed by atoms with Crippen LogP contribution >= 0.6 is 11.3 Å². The molecule has 0 saturated heterocycles. The van der Waals surface area contributed by atoms with Gasteiger partial charge >= 0.3 is 0 Å². The van der Waals surface area contributed by atoms with Crippen LogP contribution in [0.4, 0.5) is 5.00 Å². The summed E-state index contributed by atoms with van der Waals surface area (Å²) < 4.78 is 0. The van der Waals surface area contributed by atoms with Gasteiger partial charge in [0.1, 0.15) is 5.00 Å². The van der Waals surface area contributed by atoms with Crippen LogP contribution in [-0.4, -0.2) is 16.8 Å². The molecule has 0 aliphatic carbocycles. The summed E-state index contributed by atoms with van der Waals surface area (Å²) in [6.07, 6.45) is 1.93. The fourth-order valence-corrected chi connectivity index (χ4v) is 3.47. The fourth-order valence-electron chi connectivity index (χ4n) is 2.51.